The van der Waals surface area contributed by atoms with E-state index < -0.39 is 28.4 Å². The maximum absolute atomic E-state index is 14.2. The van der Waals surface area contributed by atoms with Gasteiger partial charge in [0.15, 0.2) is 11.6 Å². The van der Waals surface area contributed by atoms with E-state index >= 15 is 0 Å². The second-order valence-corrected chi connectivity index (χ2v) is 4.55. The molecule has 3 N–H and O–H groups in total. The smallest absolute Gasteiger partial charge is 0.313 e. The number of primary amides is 1. The fourth-order valence-electron chi connectivity index (χ4n) is 2.31. The Balaban J connectivity index is 2.47. The number of amides is 1. The Kier molecular flexibility index (Phi) is 4.22. The van der Waals surface area contributed by atoms with Gasteiger partial charge in [0.25, 0.3) is 0 Å². The topological polar surface area (TPSA) is 111 Å². The number of benzene rings is 1. The van der Waals surface area contributed by atoms with Gasteiger partial charge in [0, 0.05) is 25.7 Å². The van der Waals surface area contributed by atoms with Crippen LogP contribution in [0.25, 0.3) is 0 Å². The highest BCUT2D eigenvalue weighted by Crippen LogP contribution is 2.35. The number of methoxy groups -OCH3 is 1. The lowest BCUT2D eigenvalue weighted by atomic mass is 10.1. The number of carbonyl (C=O) groups excluding carboxylic acids is 1. The van der Waals surface area contributed by atoms with Crippen LogP contribution >= 0.6 is 0 Å². The molecule has 21 heavy (non-hydrogen) atoms. The fourth-order valence-corrected chi connectivity index (χ4v) is 2.31. The Labute approximate surface area is 119 Å². The number of anilines is 1. The number of carbonyl (C=O) groups is 1. The van der Waals surface area contributed by atoms with Crippen molar-refractivity contribution >= 4 is 17.3 Å². The van der Waals surface area contributed by atoms with Crippen molar-refractivity contribution in [3.63, 3.8) is 0 Å². The first-order valence-electron chi connectivity index (χ1n) is 6.24. The number of nitrogens with one attached hydrogen (secondary N) is 1. The molecule has 8 nitrogen and oxygen atoms in total. The van der Waals surface area contributed by atoms with E-state index in [0.717, 1.165) is 6.07 Å². The minimum atomic E-state index is -0.796. The normalized spacial score (nSPS) is 18.4. The van der Waals surface area contributed by atoms with Crippen LogP contribution in [0.3, 0.4) is 0 Å². The zero-order valence-corrected chi connectivity index (χ0v) is 11.3. The van der Waals surface area contributed by atoms with Gasteiger partial charge >= 0.3 is 5.69 Å². The second kappa shape index (κ2) is 5.92. The fraction of sp³-hybridized carbons (Fsp3) is 0.417. The lowest BCUT2D eigenvalue weighted by Gasteiger charge is -2.36. The average molecular weight is 298 g/mol. The number of rotatable bonds is 4. The van der Waals surface area contributed by atoms with E-state index in [4.69, 9.17) is 10.5 Å². The lowest BCUT2D eigenvalue weighted by Crippen LogP contribution is -2.57. The van der Waals surface area contributed by atoms with Crippen LogP contribution in [0, 0.1) is 15.9 Å². The summed E-state index contributed by atoms with van der Waals surface area (Å²) in [6.45, 7) is 1.18. The van der Waals surface area contributed by atoms with Crippen molar-refractivity contribution in [3.05, 3.63) is 28.1 Å². The quantitative estimate of drug-likeness (QED) is 0.598. The molecule has 2 rings (SSSR count). The number of halogens is 1. The lowest BCUT2D eigenvalue weighted by molar-refractivity contribution is -0.385. The molecule has 0 spiro atoms. The summed E-state index contributed by atoms with van der Waals surface area (Å²) >= 11 is 0. The predicted molar refractivity (Wildman–Crippen MR) is 72.8 cm³/mol. The highest BCUT2D eigenvalue weighted by Gasteiger charge is 2.31. The standard InChI is InChI=1S/C12H15FN4O4/c1-21-11-5-8(7(13)4-9(11)17(19)20)16-3-2-15-6-10(16)12(14)18/h4-5,10,15H,2-3,6H2,1H3,(H2,14,18). The molecule has 0 aliphatic carbocycles. The van der Waals surface area contributed by atoms with Crippen LogP contribution in [-0.2, 0) is 4.79 Å². The largest absolute Gasteiger partial charge is 0.490 e. The van der Waals surface area contributed by atoms with Crippen molar-refractivity contribution in [2.45, 2.75) is 6.04 Å². The summed E-state index contributed by atoms with van der Waals surface area (Å²) in [7, 11) is 1.26. The molecule has 1 aromatic rings. The Morgan fingerprint density at radius 1 is 1.62 bits per heavy atom. The predicted octanol–water partition coefficient (Wildman–Crippen LogP) is 0.00600. The minimum absolute atomic E-state index is 0.0581. The molecule has 1 aliphatic rings. The zero-order valence-electron chi connectivity index (χ0n) is 11.3. The van der Waals surface area contributed by atoms with E-state index in [9.17, 15) is 19.3 Å². The van der Waals surface area contributed by atoms with E-state index in [0.29, 0.717) is 13.1 Å². The first kappa shape index (κ1) is 15.0. The minimum Gasteiger partial charge on any atom is -0.490 e. The van der Waals surface area contributed by atoms with Crippen molar-refractivity contribution < 1.29 is 18.8 Å². The molecule has 9 heteroatoms. The molecule has 114 valence electrons. The highest BCUT2D eigenvalue weighted by atomic mass is 19.1. The molecule has 1 atom stereocenters. The number of nitrogens with zero attached hydrogens (tertiary/aromatic N) is 2. The molecule has 0 radical (unpaired) electrons. The van der Waals surface area contributed by atoms with E-state index in [1.165, 1.54) is 18.1 Å². The van der Waals surface area contributed by atoms with E-state index in [1.54, 1.807) is 0 Å². The van der Waals surface area contributed by atoms with Crippen molar-refractivity contribution in [3.8, 4) is 5.75 Å². The van der Waals surface area contributed by atoms with Crippen molar-refractivity contribution in [1.82, 2.24) is 5.32 Å². The Morgan fingerprint density at radius 3 is 2.90 bits per heavy atom. The first-order chi connectivity index (χ1) is 9.95. The molecule has 1 fully saturated rings. The van der Waals surface area contributed by atoms with E-state index in [2.05, 4.69) is 5.32 Å². The number of ether oxygens (including phenoxy) is 1. The summed E-state index contributed by atoms with van der Waals surface area (Å²) in [5.41, 5.74) is 4.90. The molecule has 0 aromatic heterocycles. The third kappa shape index (κ3) is 2.87. The van der Waals surface area contributed by atoms with E-state index in [1.807, 2.05) is 0 Å². The van der Waals surface area contributed by atoms with Gasteiger partial charge in [-0.2, -0.15) is 0 Å². The monoisotopic (exact) mass is 298 g/mol. The third-order valence-corrected chi connectivity index (χ3v) is 3.33. The van der Waals surface area contributed by atoms with Crippen molar-refractivity contribution in [2.24, 2.45) is 5.73 Å². The summed E-state index contributed by atoms with van der Waals surface area (Å²) in [5, 5.41) is 13.8. The number of hydrogen-bond acceptors (Lipinski definition) is 6. The van der Waals surface area contributed by atoms with Crippen LogP contribution in [0.15, 0.2) is 12.1 Å². The molecule has 1 aromatic carbocycles. The summed E-state index contributed by atoms with van der Waals surface area (Å²) in [5.74, 6) is -1.47. The van der Waals surface area contributed by atoms with Crippen LogP contribution in [-0.4, -0.2) is 43.6 Å². The highest BCUT2D eigenvalue weighted by molar-refractivity contribution is 5.84. The van der Waals surface area contributed by atoms with Crippen LogP contribution in [0.2, 0.25) is 0 Å². The van der Waals surface area contributed by atoms with Gasteiger partial charge in [-0.1, -0.05) is 0 Å². The van der Waals surface area contributed by atoms with E-state index in [-0.39, 0.29) is 18.0 Å². The van der Waals surface area contributed by atoms with Gasteiger partial charge in [0.2, 0.25) is 5.91 Å². The average Bonchev–Trinajstić information content (AvgIpc) is 2.46. The molecule has 1 aliphatic heterocycles. The summed E-state index contributed by atoms with van der Waals surface area (Å²) in [4.78, 5) is 23.1. The van der Waals surface area contributed by atoms with Crippen molar-refractivity contribution in [1.29, 1.82) is 0 Å². The molecule has 1 heterocycles. The molecule has 0 saturated carbocycles. The molecule has 1 amide bonds. The van der Waals surface area contributed by atoms with Gasteiger partial charge in [-0.25, -0.2) is 4.39 Å². The van der Waals surface area contributed by atoms with Gasteiger partial charge in [0.05, 0.1) is 23.8 Å². The second-order valence-electron chi connectivity index (χ2n) is 4.55. The number of nitro benzene ring substituents is 1. The summed E-state index contributed by atoms with van der Waals surface area (Å²) < 4.78 is 19.1. The summed E-state index contributed by atoms with van der Waals surface area (Å²) in [6, 6.07) is 1.28. The Morgan fingerprint density at radius 2 is 2.33 bits per heavy atom. The molecule has 1 saturated heterocycles. The van der Waals surface area contributed by atoms with Gasteiger partial charge < -0.3 is 20.7 Å². The molecular weight excluding hydrogens is 283 g/mol. The van der Waals surface area contributed by atoms with Crippen LogP contribution in [0.4, 0.5) is 15.8 Å². The Bertz CT molecular complexity index is 581. The number of hydrogen-bond donors (Lipinski definition) is 2. The van der Waals surface area contributed by atoms with Gasteiger partial charge in [0.1, 0.15) is 6.04 Å². The maximum atomic E-state index is 14.2. The van der Waals surface area contributed by atoms with Crippen LogP contribution in [0.1, 0.15) is 0 Å². The first-order valence-corrected chi connectivity index (χ1v) is 6.24. The van der Waals surface area contributed by atoms with Crippen molar-refractivity contribution in [2.75, 3.05) is 31.6 Å². The molecule has 1 unspecified atom stereocenters. The van der Waals surface area contributed by atoms with Gasteiger partial charge in [-0.15, -0.1) is 0 Å². The third-order valence-electron chi connectivity index (χ3n) is 3.33. The zero-order chi connectivity index (χ0) is 15.6. The van der Waals surface area contributed by atoms with Gasteiger partial charge in [-0.05, 0) is 0 Å². The SMILES string of the molecule is COc1cc(N2CCNCC2C(N)=O)c(F)cc1[N+](=O)[O-]. The van der Waals surface area contributed by atoms with Crippen LogP contribution in [0.5, 0.6) is 5.75 Å². The van der Waals surface area contributed by atoms with Crippen LogP contribution < -0.4 is 20.7 Å². The number of nitro groups is 1. The summed E-state index contributed by atoms with van der Waals surface area (Å²) in [6.07, 6.45) is 0. The van der Waals surface area contributed by atoms with Gasteiger partial charge in [-0.3, -0.25) is 14.9 Å². The maximum Gasteiger partial charge on any atom is 0.313 e. The molecular formula is C12H15FN4O4. The number of piperazine rings is 1. The number of nitrogens with two attached hydrogens (primary N) is 1. The molecule has 0 bridgehead atoms. The Hall–Kier alpha value is -2.42.